The first-order chi connectivity index (χ1) is 5.60. The Labute approximate surface area is 101 Å². The number of hydrogen-bond donors (Lipinski definition) is 0. The van der Waals surface area contributed by atoms with Gasteiger partial charge in [-0.05, 0) is 0 Å². The topological polar surface area (TPSA) is 75.7 Å². The van der Waals surface area contributed by atoms with E-state index in [4.69, 9.17) is 4.74 Å². The van der Waals surface area contributed by atoms with Gasteiger partial charge in [-0.3, -0.25) is 9.00 Å². The Kier molecular flexibility index (Phi) is 5.65. The molecule has 1 heterocycles. The largest absolute Gasteiger partial charge is 1.00 e. The minimum Gasteiger partial charge on any atom is -0.772 e. The molecule has 7 heteroatoms. The average molecular weight is 216 g/mol. The van der Waals surface area contributed by atoms with Crippen LogP contribution in [0.4, 0.5) is 0 Å². The monoisotopic (exact) mass is 216 g/mol. The Morgan fingerprint density at radius 2 is 2.23 bits per heavy atom. The van der Waals surface area contributed by atoms with Crippen LogP contribution < -0.4 is 29.6 Å². The van der Waals surface area contributed by atoms with Crippen molar-refractivity contribution in [3.8, 4) is 0 Å². The summed E-state index contributed by atoms with van der Waals surface area (Å²) in [7, 11) is 1.23. The van der Waals surface area contributed by atoms with E-state index in [0.29, 0.717) is 0 Å². The van der Waals surface area contributed by atoms with Gasteiger partial charge in [0.2, 0.25) is 0 Å². The molecular weight excluding hydrogens is 207 g/mol. The maximum Gasteiger partial charge on any atom is 1.00 e. The summed E-state index contributed by atoms with van der Waals surface area (Å²) in [5.41, 5.74) is -0.943. The van der Waals surface area contributed by atoms with Gasteiger partial charge in [0.05, 0.1) is 20.3 Å². The molecule has 0 aromatic rings. The third-order valence-electron chi connectivity index (χ3n) is 1.77. The molecule has 1 rings (SSSR count). The Balaban J connectivity index is 0.00000144. The van der Waals surface area contributed by atoms with Crippen molar-refractivity contribution in [2.75, 3.05) is 26.1 Å². The summed E-state index contributed by atoms with van der Waals surface area (Å²) >= 11 is -2.24. The van der Waals surface area contributed by atoms with Crippen LogP contribution in [0.15, 0.2) is 0 Å². The van der Waals surface area contributed by atoms with Crippen molar-refractivity contribution in [3.05, 3.63) is 0 Å². The SMILES string of the molecule is COC(=O)C1(CS(=O)[O-])COC1.[Na+]. The molecule has 5 nitrogen and oxygen atoms in total. The summed E-state index contributed by atoms with van der Waals surface area (Å²) in [5, 5.41) is 0. The van der Waals surface area contributed by atoms with Crippen LogP contribution in [0.3, 0.4) is 0 Å². The third kappa shape index (κ3) is 3.00. The van der Waals surface area contributed by atoms with Crippen LogP contribution in [-0.2, 0) is 25.3 Å². The van der Waals surface area contributed by atoms with Gasteiger partial charge in [0, 0.05) is 5.75 Å². The van der Waals surface area contributed by atoms with E-state index in [1.807, 2.05) is 0 Å². The zero-order valence-electron chi connectivity index (χ0n) is 7.57. The maximum atomic E-state index is 11.1. The second-order valence-electron chi connectivity index (χ2n) is 2.71. The van der Waals surface area contributed by atoms with E-state index in [-0.39, 0.29) is 48.5 Å². The van der Waals surface area contributed by atoms with Gasteiger partial charge in [0.15, 0.2) is 0 Å². The Morgan fingerprint density at radius 1 is 1.69 bits per heavy atom. The van der Waals surface area contributed by atoms with Crippen LogP contribution in [-0.4, -0.2) is 40.8 Å². The summed E-state index contributed by atoms with van der Waals surface area (Å²) < 4.78 is 30.0. The first-order valence-electron chi connectivity index (χ1n) is 3.33. The molecule has 0 N–H and O–H groups in total. The van der Waals surface area contributed by atoms with Crippen molar-refractivity contribution < 1.29 is 52.6 Å². The van der Waals surface area contributed by atoms with Gasteiger partial charge in [0.1, 0.15) is 5.41 Å². The average Bonchev–Trinajstić information content (AvgIpc) is 1.95. The van der Waals surface area contributed by atoms with E-state index in [1.54, 1.807) is 0 Å². The van der Waals surface area contributed by atoms with Crippen molar-refractivity contribution in [2.24, 2.45) is 5.41 Å². The second-order valence-corrected chi connectivity index (χ2v) is 3.61. The van der Waals surface area contributed by atoms with E-state index in [1.165, 1.54) is 7.11 Å². The summed E-state index contributed by atoms with van der Waals surface area (Å²) in [6.45, 7) is 0.265. The molecule has 13 heavy (non-hydrogen) atoms. The molecule has 70 valence electrons. The molecule has 0 amide bonds. The van der Waals surface area contributed by atoms with Gasteiger partial charge in [0.25, 0.3) is 0 Å². The predicted molar refractivity (Wildman–Crippen MR) is 39.1 cm³/mol. The molecule has 0 spiro atoms. The van der Waals surface area contributed by atoms with E-state index in [9.17, 15) is 13.6 Å². The summed E-state index contributed by atoms with van der Waals surface area (Å²) in [6, 6.07) is 0. The molecule has 1 saturated heterocycles. The molecule has 1 aliphatic rings. The number of ether oxygens (including phenoxy) is 2. The molecule has 0 aliphatic carbocycles. The fourth-order valence-corrected chi connectivity index (χ4v) is 1.79. The van der Waals surface area contributed by atoms with Gasteiger partial charge in [-0.1, -0.05) is 11.1 Å². The van der Waals surface area contributed by atoms with E-state index < -0.39 is 22.5 Å². The Bertz CT molecular complexity index is 215. The molecular formula is C6H9NaO5S. The molecule has 1 unspecified atom stereocenters. The zero-order chi connectivity index (χ0) is 9.19. The number of esters is 1. The summed E-state index contributed by atoms with van der Waals surface area (Å²) in [5.74, 6) is -0.738. The van der Waals surface area contributed by atoms with Crippen LogP contribution in [0.5, 0.6) is 0 Å². The fraction of sp³-hybridized carbons (Fsp3) is 0.833. The van der Waals surface area contributed by atoms with Gasteiger partial charge < -0.3 is 14.0 Å². The van der Waals surface area contributed by atoms with Gasteiger partial charge in [-0.2, -0.15) is 0 Å². The van der Waals surface area contributed by atoms with Crippen molar-refractivity contribution in [1.82, 2.24) is 0 Å². The van der Waals surface area contributed by atoms with Crippen LogP contribution >= 0.6 is 0 Å². The van der Waals surface area contributed by atoms with Crippen LogP contribution in [0.2, 0.25) is 0 Å². The summed E-state index contributed by atoms with van der Waals surface area (Å²) in [4.78, 5) is 11.1. The van der Waals surface area contributed by atoms with Gasteiger partial charge in [-0.25, -0.2) is 0 Å². The molecule has 0 bridgehead atoms. The van der Waals surface area contributed by atoms with Crippen molar-refractivity contribution in [1.29, 1.82) is 0 Å². The first-order valence-corrected chi connectivity index (χ1v) is 4.57. The number of rotatable bonds is 3. The molecule has 1 fully saturated rings. The standard InChI is InChI=1S/C6H10O5S.Na/c1-10-5(7)6(2-11-3-6)4-12(8)9;/h2-4H2,1H3,(H,8,9);/q;+1/p-1. The number of carbonyl (C=O) groups is 1. The molecule has 0 radical (unpaired) electrons. The van der Waals surface area contributed by atoms with Gasteiger partial charge in [-0.15, -0.1) is 0 Å². The van der Waals surface area contributed by atoms with Crippen molar-refractivity contribution >= 4 is 17.0 Å². The van der Waals surface area contributed by atoms with Crippen molar-refractivity contribution in [3.63, 3.8) is 0 Å². The normalized spacial score (nSPS) is 20.8. The minimum absolute atomic E-state index is 0. The molecule has 1 aliphatic heterocycles. The maximum absolute atomic E-state index is 11.1. The third-order valence-corrected chi connectivity index (χ3v) is 2.56. The summed E-state index contributed by atoms with van der Waals surface area (Å²) in [6.07, 6.45) is 0. The first kappa shape index (κ1) is 13.5. The Morgan fingerprint density at radius 3 is 2.46 bits per heavy atom. The van der Waals surface area contributed by atoms with Crippen molar-refractivity contribution in [2.45, 2.75) is 0 Å². The van der Waals surface area contributed by atoms with Gasteiger partial charge >= 0.3 is 35.5 Å². The van der Waals surface area contributed by atoms with E-state index in [0.717, 1.165) is 0 Å². The number of carbonyl (C=O) groups excluding carboxylic acids is 1. The smallest absolute Gasteiger partial charge is 0.772 e. The predicted octanol–water partition coefficient (Wildman–Crippen LogP) is -3.94. The van der Waals surface area contributed by atoms with E-state index >= 15 is 0 Å². The quantitative estimate of drug-likeness (QED) is 0.273. The minimum atomic E-state index is -2.24. The Hall–Kier alpha value is 0.540. The molecule has 0 aromatic heterocycles. The molecule has 0 saturated carbocycles. The number of hydrogen-bond acceptors (Lipinski definition) is 5. The fourth-order valence-electron chi connectivity index (χ4n) is 1.05. The van der Waals surface area contributed by atoms with Crippen LogP contribution in [0.25, 0.3) is 0 Å². The van der Waals surface area contributed by atoms with Crippen LogP contribution in [0, 0.1) is 5.41 Å². The molecule has 0 aromatic carbocycles. The number of methoxy groups -OCH3 is 1. The molecule has 1 atom stereocenters. The van der Waals surface area contributed by atoms with Crippen LogP contribution in [0.1, 0.15) is 0 Å². The zero-order valence-corrected chi connectivity index (χ0v) is 10.4. The second kappa shape index (κ2) is 5.43. The van der Waals surface area contributed by atoms with E-state index in [2.05, 4.69) is 4.74 Å².